The number of benzene rings is 1. The molecule has 94 valence electrons. The minimum Gasteiger partial charge on any atom is -0.420 e. The van der Waals surface area contributed by atoms with Crippen molar-refractivity contribution in [2.75, 3.05) is 0 Å². The van der Waals surface area contributed by atoms with E-state index in [0.29, 0.717) is 0 Å². The molecule has 0 bridgehead atoms. The van der Waals surface area contributed by atoms with Crippen molar-refractivity contribution in [2.24, 2.45) is 0 Å². The molecule has 0 heterocycles. The third kappa shape index (κ3) is 4.46. The van der Waals surface area contributed by atoms with Crippen LogP contribution in [0, 0.1) is 0 Å². The van der Waals surface area contributed by atoms with Gasteiger partial charge < -0.3 is 4.74 Å². The Morgan fingerprint density at radius 1 is 1.24 bits per heavy atom. The van der Waals surface area contributed by atoms with E-state index in [1.165, 1.54) is 12.1 Å². The van der Waals surface area contributed by atoms with E-state index >= 15 is 0 Å². The first-order valence-electron chi connectivity index (χ1n) is 5.31. The average molecular weight is 246 g/mol. The molecule has 0 saturated heterocycles. The van der Waals surface area contributed by atoms with Gasteiger partial charge in [-0.2, -0.15) is 13.2 Å². The summed E-state index contributed by atoms with van der Waals surface area (Å²) in [6.45, 7) is 2.06. The number of unbranched alkanes of at least 4 members (excludes halogenated alkanes) is 1. The average Bonchev–Trinajstić information content (AvgIpc) is 2.27. The molecule has 2 nitrogen and oxygen atoms in total. The van der Waals surface area contributed by atoms with Crippen molar-refractivity contribution in [3.05, 3.63) is 29.8 Å². The van der Waals surface area contributed by atoms with Gasteiger partial charge in [0.2, 0.25) is 0 Å². The minimum atomic E-state index is -4.96. The summed E-state index contributed by atoms with van der Waals surface area (Å²) in [7, 11) is 0. The van der Waals surface area contributed by atoms with Gasteiger partial charge in [0.25, 0.3) is 0 Å². The highest BCUT2D eigenvalue weighted by molar-refractivity contribution is 5.78. The Morgan fingerprint density at radius 3 is 2.29 bits per heavy atom. The Balaban J connectivity index is 2.59. The number of esters is 1. The van der Waals surface area contributed by atoms with Crippen LogP contribution in [0.3, 0.4) is 0 Å². The maximum Gasteiger partial charge on any atom is 0.491 e. The van der Waals surface area contributed by atoms with Gasteiger partial charge in [0.05, 0.1) is 0 Å². The maximum absolute atomic E-state index is 11.9. The summed E-state index contributed by atoms with van der Waals surface area (Å²) >= 11 is 0. The maximum atomic E-state index is 11.9. The molecule has 1 aromatic rings. The van der Waals surface area contributed by atoms with Gasteiger partial charge >= 0.3 is 12.1 Å². The number of ether oxygens (including phenoxy) is 1. The molecule has 5 heteroatoms. The van der Waals surface area contributed by atoms with Gasteiger partial charge in [-0.25, -0.2) is 4.79 Å². The van der Waals surface area contributed by atoms with Crippen LogP contribution in [-0.4, -0.2) is 12.1 Å². The number of hydrogen-bond donors (Lipinski definition) is 0. The topological polar surface area (TPSA) is 26.3 Å². The number of hydrogen-bond acceptors (Lipinski definition) is 2. The van der Waals surface area contributed by atoms with Crippen molar-refractivity contribution in [3.8, 4) is 5.75 Å². The van der Waals surface area contributed by atoms with E-state index < -0.39 is 12.1 Å². The number of carbonyl (C=O) groups is 1. The van der Waals surface area contributed by atoms with Gasteiger partial charge in [0.15, 0.2) is 0 Å². The first kappa shape index (κ1) is 13.5. The quantitative estimate of drug-likeness (QED) is 0.600. The summed E-state index contributed by atoms with van der Waals surface area (Å²) in [5, 5.41) is 0. The molecule has 1 rings (SSSR count). The van der Waals surface area contributed by atoms with Crippen LogP contribution in [0.4, 0.5) is 13.2 Å². The van der Waals surface area contributed by atoms with Crippen LogP contribution < -0.4 is 4.74 Å². The predicted molar refractivity (Wildman–Crippen MR) is 56.7 cm³/mol. The Bertz CT molecular complexity index is 368. The van der Waals surface area contributed by atoms with E-state index in [4.69, 9.17) is 0 Å². The monoisotopic (exact) mass is 246 g/mol. The van der Waals surface area contributed by atoms with E-state index in [-0.39, 0.29) is 5.75 Å². The second-order valence-corrected chi connectivity index (χ2v) is 3.63. The second-order valence-electron chi connectivity index (χ2n) is 3.63. The number of halogens is 3. The first-order valence-corrected chi connectivity index (χ1v) is 5.31. The Hall–Kier alpha value is -1.52. The van der Waals surface area contributed by atoms with Crippen molar-refractivity contribution in [1.29, 1.82) is 0 Å². The third-order valence-corrected chi connectivity index (χ3v) is 2.18. The zero-order valence-electron chi connectivity index (χ0n) is 9.38. The lowest BCUT2D eigenvalue weighted by molar-refractivity contribution is -0.189. The summed E-state index contributed by atoms with van der Waals surface area (Å²) in [5.74, 6) is -2.29. The summed E-state index contributed by atoms with van der Waals surface area (Å²) in [4.78, 5) is 10.5. The molecule has 0 aliphatic rings. The summed E-state index contributed by atoms with van der Waals surface area (Å²) in [5.41, 5.74) is 1.01. The molecule has 0 saturated carbocycles. The SMILES string of the molecule is CCCCc1ccc(OC(=O)C(F)(F)F)cc1. The second kappa shape index (κ2) is 5.70. The Morgan fingerprint density at radius 2 is 1.82 bits per heavy atom. The molecule has 0 aromatic heterocycles. The molecule has 0 aliphatic heterocycles. The molecule has 0 radical (unpaired) electrons. The van der Waals surface area contributed by atoms with Crippen LogP contribution in [-0.2, 0) is 11.2 Å². The molecule has 0 spiro atoms. The van der Waals surface area contributed by atoms with Crippen LogP contribution >= 0.6 is 0 Å². The standard InChI is InChI=1S/C12H13F3O2/c1-2-3-4-9-5-7-10(8-6-9)17-11(16)12(13,14)15/h5-8H,2-4H2,1H3. The number of aryl methyl sites for hydroxylation is 1. The van der Waals surface area contributed by atoms with Crippen LogP contribution in [0.15, 0.2) is 24.3 Å². The summed E-state index contributed by atoms with van der Waals surface area (Å²) in [6.07, 6.45) is -2.03. The van der Waals surface area contributed by atoms with Crippen LogP contribution in [0.2, 0.25) is 0 Å². The highest BCUT2D eigenvalue weighted by Gasteiger charge is 2.41. The molecule has 0 atom stereocenters. The van der Waals surface area contributed by atoms with Crippen molar-refractivity contribution in [3.63, 3.8) is 0 Å². The minimum absolute atomic E-state index is 0.0902. The fourth-order valence-electron chi connectivity index (χ4n) is 1.27. The zero-order chi connectivity index (χ0) is 12.9. The summed E-state index contributed by atoms with van der Waals surface area (Å²) < 4.78 is 39.9. The number of carbonyl (C=O) groups excluding carboxylic acids is 1. The fourth-order valence-corrected chi connectivity index (χ4v) is 1.27. The largest absolute Gasteiger partial charge is 0.491 e. The van der Waals surface area contributed by atoms with Crippen LogP contribution in [0.1, 0.15) is 25.3 Å². The van der Waals surface area contributed by atoms with Gasteiger partial charge in [-0.15, -0.1) is 0 Å². The summed E-state index contributed by atoms with van der Waals surface area (Å²) in [6, 6.07) is 6.06. The van der Waals surface area contributed by atoms with Crippen LogP contribution in [0.5, 0.6) is 5.75 Å². The van der Waals surface area contributed by atoms with E-state index in [1.54, 1.807) is 12.1 Å². The molecule has 0 amide bonds. The molecule has 1 aromatic carbocycles. The highest BCUT2D eigenvalue weighted by Crippen LogP contribution is 2.20. The van der Waals surface area contributed by atoms with Crippen molar-refractivity contribution in [2.45, 2.75) is 32.4 Å². The molecule has 17 heavy (non-hydrogen) atoms. The van der Waals surface area contributed by atoms with E-state index in [9.17, 15) is 18.0 Å². The van der Waals surface area contributed by atoms with Gasteiger partial charge in [0.1, 0.15) is 5.75 Å². The molecule has 0 fully saturated rings. The van der Waals surface area contributed by atoms with E-state index in [0.717, 1.165) is 24.8 Å². The molecule has 0 N–H and O–H groups in total. The third-order valence-electron chi connectivity index (χ3n) is 2.18. The van der Waals surface area contributed by atoms with Gasteiger partial charge in [-0.05, 0) is 30.5 Å². The highest BCUT2D eigenvalue weighted by atomic mass is 19.4. The van der Waals surface area contributed by atoms with E-state index in [1.807, 2.05) is 0 Å². The Labute approximate surface area is 97.4 Å². The lowest BCUT2D eigenvalue weighted by atomic mass is 10.1. The Kier molecular flexibility index (Phi) is 4.54. The first-order chi connectivity index (χ1) is 7.93. The van der Waals surface area contributed by atoms with Crippen molar-refractivity contribution < 1.29 is 22.7 Å². The molecule has 0 unspecified atom stereocenters. The fraction of sp³-hybridized carbons (Fsp3) is 0.417. The van der Waals surface area contributed by atoms with Gasteiger partial charge in [0, 0.05) is 0 Å². The lowest BCUT2D eigenvalue weighted by Gasteiger charge is -2.07. The van der Waals surface area contributed by atoms with Crippen molar-refractivity contribution >= 4 is 5.97 Å². The predicted octanol–water partition coefficient (Wildman–Crippen LogP) is 3.50. The molecular formula is C12H13F3O2. The number of alkyl halides is 3. The molecule has 0 aliphatic carbocycles. The van der Waals surface area contributed by atoms with E-state index in [2.05, 4.69) is 11.7 Å². The zero-order valence-corrected chi connectivity index (χ0v) is 9.38. The van der Waals surface area contributed by atoms with Gasteiger partial charge in [-0.3, -0.25) is 0 Å². The molecular weight excluding hydrogens is 233 g/mol. The smallest absolute Gasteiger partial charge is 0.420 e. The van der Waals surface area contributed by atoms with Crippen LogP contribution in [0.25, 0.3) is 0 Å². The lowest BCUT2D eigenvalue weighted by Crippen LogP contribution is -2.27. The number of rotatable bonds is 4. The van der Waals surface area contributed by atoms with Crippen molar-refractivity contribution in [1.82, 2.24) is 0 Å². The van der Waals surface area contributed by atoms with Gasteiger partial charge in [-0.1, -0.05) is 25.5 Å². The normalized spacial score (nSPS) is 11.3.